The van der Waals surface area contributed by atoms with Gasteiger partial charge in [-0.15, -0.1) is 10.2 Å². The number of benzene rings is 1. The largest absolute Gasteiger partial charge is 0.477 e. The maximum absolute atomic E-state index is 14.8. The lowest BCUT2D eigenvalue weighted by Gasteiger charge is -2.28. The molecule has 176 valence electrons. The first kappa shape index (κ1) is 24.7. The van der Waals surface area contributed by atoms with Crippen LogP contribution >= 0.6 is 0 Å². The van der Waals surface area contributed by atoms with Gasteiger partial charge in [0, 0.05) is 11.6 Å². The second-order valence-electron chi connectivity index (χ2n) is 9.54. The molecule has 0 unspecified atom stereocenters. The zero-order valence-electron chi connectivity index (χ0n) is 20.1. The van der Waals surface area contributed by atoms with E-state index in [-0.39, 0.29) is 5.82 Å². The molecular weight excluding hydrogens is 399 g/mol. The fourth-order valence-electron chi connectivity index (χ4n) is 4.92. The molecule has 2 aromatic rings. The average molecular weight is 441 g/mol. The Morgan fingerprint density at radius 1 is 0.844 bits per heavy atom. The summed E-state index contributed by atoms with van der Waals surface area (Å²) < 4.78 is 20.4. The number of unbranched alkanes of at least 4 members (excludes halogenated alkanes) is 4. The first-order valence-corrected chi connectivity index (χ1v) is 12.9. The van der Waals surface area contributed by atoms with Crippen molar-refractivity contribution in [3.05, 3.63) is 41.7 Å². The molecule has 32 heavy (non-hydrogen) atoms. The molecule has 1 fully saturated rings. The summed E-state index contributed by atoms with van der Waals surface area (Å²) in [5.74, 6) is 2.09. The van der Waals surface area contributed by atoms with E-state index in [0.717, 1.165) is 42.2 Å². The van der Waals surface area contributed by atoms with Crippen LogP contribution in [0.4, 0.5) is 4.39 Å². The van der Waals surface area contributed by atoms with Crippen molar-refractivity contribution < 1.29 is 9.13 Å². The van der Waals surface area contributed by atoms with Crippen molar-refractivity contribution in [2.45, 2.75) is 97.3 Å². The van der Waals surface area contributed by atoms with Gasteiger partial charge >= 0.3 is 0 Å². The van der Waals surface area contributed by atoms with Crippen LogP contribution in [0, 0.1) is 17.7 Å². The van der Waals surface area contributed by atoms with Crippen LogP contribution in [0.15, 0.2) is 30.3 Å². The standard InChI is InChI=1S/C28H41FN2O/c1-3-5-6-7-8-20-32-28-19-18-27(30-31-28)25-17-16-24(26(29)21-25)15-14-23-12-10-22(9-4-2)11-13-23/h16-19,21-23H,3-15,20H2,1-2H3. The molecule has 0 N–H and O–H groups in total. The summed E-state index contributed by atoms with van der Waals surface area (Å²) in [6, 6.07) is 9.19. The van der Waals surface area contributed by atoms with Gasteiger partial charge in [0.1, 0.15) is 5.82 Å². The molecule has 0 aliphatic heterocycles. The zero-order chi connectivity index (χ0) is 22.6. The lowest BCUT2D eigenvalue weighted by Crippen LogP contribution is -2.15. The number of rotatable bonds is 13. The molecule has 1 aliphatic carbocycles. The highest BCUT2D eigenvalue weighted by Crippen LogP contribution is 2.34. The molecular formula is C28H41FN2O. The molecule has 3 rings (SSSR count). The molecule has 0 radical (unpaired) electrons. The highest BCUT2D eigenvalue weighted by molar-refractivity contribution is 5.59. The minimum Gasteiger partial charge on any atom is -0.477 e. The van der Waals surface area contributed by atoms with Crippen molar-refractivity contribution in [2.24, 2.45) is 11.8 Å². The van der Waals surface area contributed by atoms with Gasteiger partial charge in [-0.25, -0.2) is 4.39 Å². The smallest absolute Gasteiger partial charge is 0.233 e. The first-order valence-electron chi connectivity index (χ1n) is 12.9. The van der Waals surface area contributed by atoms with Gasteiger partial charge in [-0.3, -0.25) is 0 Å². The summed E-state index contributed by atoms with van der Waals surface area (Å²) in [4.78, 5) is 0. The van der Waals surface area contributed by atoms with Gasteiger partial charge in [0.2, 0.25) is 5.88 Å². The Hall–Kier alpha value is -1.97. The van der Waals surface area contributed by atoms with E-state index >= 15 is 0 Å². The molecule has 1 heterocycles. The van der Waals surface area contributed by atoms with E-state index in [0.29, 0.717) is 18.2 Å². The number of halogens is 1. The van der Waals surface area contributed by atoms with E-state index in [4.69, 9.17) is 4.74 Å². The number of hydrogen-bond donors (Lipinski definition) is 0. The summed E-state index contributed by atoms with van der Waals surface area (Å²) in [6.07, 6.45) is 15.9. The van der Waals surface area contributed by atoms with Gasteiger partial charge in [-0.05, 0) is 48.8 Å². The minimum absolute atomic E-state index is 0.128. The fourth-order valence-corrected chi connectivity index (χ4v) is 4.92. The molecule has 3 nitrogen and oxygen atoms in total. The lowest BCUT2D eigenvalue weighted by molar-refractivity contribution is 0.252. The Balaban J connectivity index is 1.45. The summed E-state index contributed by atoms with van der Waals surface area (Å²) in [7, 11) is 0. The van der Waals surface area contributed by atoms with Crippen LogP contribution in [0.3, 0.4) is 0 Å². The normalized spacial score (nSPS) is 18.6. The molecule has 1 aromatic carbocycles. The van der Waals surface area contributed by atoms with E-state index in [1.807, 2.05) is 24.3 Å². The molecule has 1 aliphatic rings. The zero-order valence-corrected chi connectivity index (χ0v) is 20.1. The molecule has 4 heteroatoms. The third-order valence-corrected chi connectivity index (χ3v) is 6.97. The van der Waals surface area contributed by atoms with Crippen LogP contribution in [-0.2, 0) is 6.42 Å². The minimum atomic E-state index is -0.128. The van der Waals surface area contributed by atoms with Crippen molar-refractivity contribution in [1.82, 2.24) is 10.2 Å². The van der Waals surface area contributed by atoms with Crippen LogP contribution in [0.2, 0.25) is 0 Å². The maximum atomic E-state index is 14.8. The quantitative estimate of drug-likeness (QED) is 0.295. The Kier molecular flexibility index (Phi) is 10.4. The second-order valence-corrected chi connectivity index (χ2v) is 9.54. The second kappa shape index (κ2) is 13.5. The third kappa shape index (κ3) is 7.86. The van der Waals surface area contributed by atoms with Crippen molar-refractivity contribution in [3.63, 3.8) is 0 Å². The summed E-state index contributed by atoms with van der Waals surface area (Å²) in [6.45, 7) is 5.16. The van der Waals surface area contributed by atoms with Crippen molar-refractivity contribution >= 4 is 0 Å². The lowest BCUT2D eigenvalue weighted by atomic mass is 9.78. The van der Waals surface area contributed by atoms with Gasteiger partial charge < -0.3 is 4.74 Å². The van der Waals surface area contributed by atoms with Gasteiger partial charge in [0.25, 0.3) is 0 Å². The SMILES string of the molecule is CCCCCCCOc1ccc(-c2ccc(CCC3CCC(CCC)CC3)c(F)c2)nn1. The van der Waals surface area contributed by atoms with Gasteiger partial charge in [-0.2, -0.15) is 0 Å². The molecule has 1 saturated carbocycles. The fraction of sp³-hybridized carbons (Fsp3) is 0.643. The Morgan fingerprint density at radius 2 is 1.59 bits per heavy atom. The third-order valence-electron chi connectivity index (χ3n) is 6.97. The Morgan fingerprint density at radius 3 is 2.25 bits per heavy atom. The van der Waals surface area contributed by atoms with Crippen LogP contribution in [0.25, 0.3) is 11.3 Å². The van der Waals surface area contributed by atoms with Gasteiger partial charge in [0.05, 0.1) is 12.3 Å². The summed E-state index contributed by atoms with van der Waals surface area (Å²) in [5.41, 5.74) is 2.27. The van der Waals surface area contributed by atoms with Crippen LogP contribution < -0.4 is 4.74 Å². The predicted molar refractivity (Wildman–Crippen MR) is 130 cm³/mol. The number of aryl methyl sites for hydroxylation is 1. The first-order chi connectivity index (χ1) is 15.7. The number of hydrogen-bond acceptors (Lipinski definition) is 3. The van der Waals surface area contributed by atoms with Crippen molar-refractivity contribution in [1.29, 1.82) is 0 Å². The monoisotopic (exact) mass is 440 g/mol. The van der Waals surface area contributed by atoms with Gasteiger partial charge in [-0.1, -0.05) is 90.2 Å². The molecule has 0 amide bonds. The topological polar surface area (TPSA) is 35.0 Å². The van der Waals surface area contributed by atoms with E-state index in [1.54, 1.807) is 6.07 Å². The van der Waals surface area contributed by atoms with E-state index in [1.165, 1.54) is 64.2 Å². The Bertz CT molecular complexity index is 785. The Labute approximate surface area is 194 Å². The number of nitrogens with zero attached hydrogens (tertiary/aromatic N) is 2. The van der Waals surface area contributed by atoms with Crippen molar-refractivity contribution in [3.8, 4) is 17.1 Å². The van der Waals surface area contributed by atoms with E-state index in [2.05, 4.69) is 24.0 Å². The van der Waals surface area contributed by atoms with Crippen molar-refractivity contribution in [2.75, 3.05) is 6.61 Å². The van der Waals surface area contributed by atoms with Gasteiger partial charge in [0.15, 0.2) is 0 Å². The summed E-state index contributed by atoms with van der Waals surface area (Å²) in [5, 5.41) is 8.41. The molecule has 0 saturated heterocycles. The average Bonchev–Trinajstić information content (AvgIpc) is 2.82. The number of aromatic nitrogens is 2. The molecule has 0 bridgehead atoms. The maximum Gasteiger partial charge on any atom is 0.233 e. The van der Waals surface area contributed by atoms with E-state index < -0.39 is 0 Å². The van der Waals surface area contributed by atoms with E-state index in [9.17, 15) is 4.39 Å². The van der Waals surface area contributed by atoms with Crippen LogP contribution in [-0.4, -0.2) is 16.8 Å². The van der Waals surface area contributed by atoms with Crippen LogP contribution in [0.5, 0.6) is 5.88 Å². The van der Waals surface area contributed by atoms with Crippen LogP contribution in [0.1, 0.15) is 96.5 Å². The highest BCUT2D eigenvalue weighted by atomic mass is 19.1. The molecule has 0 atom stereocenters. The molecule has 1 aromatic heterocycles. The number of ether oxygens (including phenoxy) is 1. The molecule has 0 spiro atoms. The summed E-state index contributed by atoms with van der Waals surface area (Å²) >= 11 is 0. The highest BCUT2D eigenvalue weighted by Gasteiger charge is 2.20. The predicted octanol–water partition coefficient (Wildman–Crippen LogP) is 8.17.